The SMILES string of the molecule is CC(C)OC(=O)N(C)C1(CC(=O)O)CCCCC1. The Bertz CT molecular complexity index is 308. The number of rotatable bonds is 4. The lowest BCUT2D eigenvalue weighted by Gasteiger charge is -2.43. The minimum Gasteiger partial charge on any atom is -0.481 e. The van der Waals surface area contributed by atoms with E-state index in [1.165, 1.54) is 4.90 Å². The molecule has 5 nitrogen and oxygen atoms in total. The Hall–Kier alpha value is -1.26. The number of carbonyl (C=O) groups excluding carboxylic acids is 1. The van der Waals surface area contributed by atoms with Crippen LogP contribution in [0.5, 0.6) is 0 Å². The van der Waals surface area contributed by atoms with Crippen LogP contribution < -0.4 is 0 Å². The Morgan fingerprint density at radius 2 is 1.83 bits per heavy atom. The van der Waals surface area contributed by atoms with Crippen molar-refractivity contribution < 1.29 is 19.4 Å². The van der Waals surface area contributed by atoms with Gasteiger partial charge in [-0.05, 0) is 26.7 Å². The molecule has 0 heterocycles. The first-order chi connectivity index (χ1) is 8.37. The maximum atomic E-state index is 12.0. The first-order valence-electron chi connectivity index (χ1n) is 6.54. The molecule has 0 radical (unpaired) electrons. The molecule has 0 bridgehead atoms. The van der Waals surface area contributed by atoms with Gasteiger partial charge >= 0.3 is 12.1 Å². The second-order valence-electron chi connectivity index (χ2n) is 5.35. The van der Waals surface area contributed by atoms with E-state index in [1.807, 2.05) is 0 Å². The predicted molar refractivity (Wildman–Crippen MR) is 67.4 cm³/mol. The van der Waals surface area contributed by atoms with Gasteiger partial charge in [-0.15, -0.1) is 0 Å². The van der Waals surface area contributed by atoms with Gasteiger partial charge in [-0.1, -0.05) is 19.3 Å². The summed E-state index contributed by atoms with van der Waals surface area (Å²) < 4.78 is 5.17. The van der Waals surface area contributed by atoms with Crippen LogP contribution in [-0.2, 0) is 9.53 Å². The van der Waals surface area contributed by atoms with E-state index in [4.69, 9.17) is 9.84 Å². The van der Waals surface area contributed by atoms with Crippen molar-refractivity contribution >= 4 is 12.1 Å². The van der Waals surface area contributed by atoms with Gasteiger partial charge in [0.05, 0.1) is 18.1 Å². The summed E-state index contributed by atoms with van der Waals surface area (Å²) in [6.07, 6.45) is 3.90. The molecule has 1 fully saturated rings. The number of carboxylic acids is 1. The lowest BCUT2D eigenvalue weighted by molar-refractivity contribution is -0.140. The molecule has 0 saturated heterocycles. The average Bonchev–Trinajstić information content (AvgIpc) is 2.27. The maximum Gasteiger partial charge on any atom is 0.410 e. The number of amides is 1. The molecular formula is C13H23NO4. The normalized spacial score (nSPS) is 18.4. The molecule has 0 aromatic carbocycles. The number of carbonyl (C=O) groups is 2. The lowest BCUT2D eigenvalue weighted by atomic mass is 9.78. The molecule has 1 amide bonds. The third kappa shape index (κ3) is 3.62. The van der Waals surface area contributed by atoms with Crippen molar-refractivity contribution in [2.24, 2.45) is 0 Å². The van der Waals surface area contributed by atoms with Gasteiger partial charge in [-0.3, -0.25) is 4.79 Å². The fraction of sp³-hybridized carbons (Fsp3) is 0.846. The third-order valence-electron chi connectivity index (χ3n) is 3.59. The van der Waals surface area contributed by atoms with Gasteiger partial charge in [-0.2, -0.15) is 0 Å². The molecule has 1 N–H and O–H groups in total. The van der Waals surface area contributed by atoms with Crippen molar-refractivity contribution in [1.29, 1.82) is 0 Å². The smallest absolute Gasteiger partial charge is 0.410 e. The first-order valence-corrected chi connectivity index (χ1v) is 6.54. The Morgan fingerprint density at radius 1 is 1.28 bits per heavy atom. The molecule has 0 aromatic rings. The first kappa shape index (κ1) is 14.8. The summed E-state index contributed by atoms with van der Waals surface area (Å²) in [5, 5.41) is 9.06. The number of ether oxygens (including phenoxy) is 1. The van der Waals surface area contributed by atoms with E-state index in [-0.39, 0.29) is 12.5 Å². The molecule has 18 heavy (non-hydrogen) atoms. The fourth-order valence-corrected chi connectivity index (χ4v) is 2.60. The molecule has 1 aliphatic carbocycles. The highest BCUT2D eigenvalue weighted by molar-refractivity contribution is 5.72. The van der Waals surface area contributed by atoms with Crippen molar-refractivity contribution in [3.8, 4) is 0 Å². The number of hydrogen-bond acceptors (Lipinski definition) is 3. The van der Waals surface area contributed by atoms with Gasteiger partial charge in [0.1, 0.15) is 0 Å². The second-order valence-corrected chi connectivity index (χ2v) is 5.35. The average molecular weight is 257 g/mol. The van der Waals surface area contributed by atoms with Crippen LogP contribution in [0.3, 0.4) is 0 Å². The predicted octanol–water partition coefficient (Wildman–Crippen LogP) is 2.64. The van der Waals surface area contributed by atoms with Crippen molar-refractivity contribution in [1.82, 2.24) is 4.90 Å². The van der Waals surface area contributed by atoms with Crippen LogP contribution in [0.2, 0.25) is 0 Å². The van der Waals surface area contributed by atoms with Crippen molar-refractivity contribution in [2.75, 3.05) is 7.05 Å². The lowest BCUT2D eigenvalue weighted by Crippen LogP contribution is -2.52. The van der Waals surface area contributed by atoms with Crippen LogP contribution in [0.1, 0.15) is 52.4 Å². The van der Waals surface area contributed by atoms with Crippen molar-refractivity contribution in [3.05, 3.63) is 0 Å². The summed E-state index contributed by atoms with van der Waals surface area (Å²) in [5.74, 6) is -0.860. The summed E-state index contributed by atoms with van der Waals surface area (Å²) in [6, 6.07) is 0. The maximum absolute atomic E-state index is 12.0. The summed E-state index contributed by atoms with van der Waals surface area (Å²) in [6.45, 7) is 3.58. The zero-order chi connectivity index (χ0) is 13.8. The van der Waals surface area contributed by atoms with Gasteiger partial charge in [0.25, 0.3) is 0 Å². The van der Waals surface area contributed by atoms with E-state index in [0.717, 1.165) is 32.1 Å². The Kier molecular flexibility index (Phi) is 4.99. The van der Waals surface area contributed by atoms with Gasteiger partial charge in [-0.25, -0.2) is 4.79 Å². The molecule has 5 heteroatoms. The Labute approximate surface area is 108 Å². The van der Waals surface area contributed by atoms with Crippen LogP contribution in [0.25, 0.3) is 0 Å². The number of hydrogen-bond donors (Lipinski definition) is 1. The minimum absolute atomic E-state index is 0.00328. The molecule has 0 unspecified atom stereocenters. The largest absolute Gasteiger partial charge is 0.481 e. The summed E-state index contributed by atoms with van der Waals surface area (Å²) in [7, 11) is 1.65. The molecule has 0 spiro atoms. The summed E-state index contributed by atoms with van der Waals surface area (Å²) in [5.41, 5.74) is -0.573. The zero-order valence-corrected chi connectivity index (χ0v) is 11.4. The third-order valence-corrected chi connectivity index (χ3v) is 3.59. The Balaban J connectivity index is 2.81. The van der Waals surface area contributed by atoms with Gasteiger partial charge in [0.2, 0.25) is 0 Å². The molecule has 0 aliphatic heterocycles. The number of aliphatic carboxylic acids is 1. The summed E-state index contributed by atoms with van der Waals surface area (Å²) >= 11 is 0. The molecule has 1 rings (SSSR count). The highest BCUT2D eigenvalue weighted by Crippen LogP contribution is 2.36. The van der Waals surface area contributed by atoms with E-state index in [2.05, 4.69) is 0 Å². The molecule has 0 aromatic heterocycles. The molecule has 0 atom stereocenters. The van der Waals surface area contributed by atoms with Crippen LogP contribution >= 0.6 is 0 Å². The van der Waals surface area contributed by atoms with Crippen molar-refractivity contribution in [3.63, 3.8) is 0 Å². The standard InChI is InChI=1S/C13H23NO4/c1-10(2)18-12(17)14(3)13(9-11(15)16)7-5-4-6-8-13/h10H,4-9H2,1-3H3,(H,15,16). The fourth-order valence-electron chi connectivity index (χ4n) is 2.60. The van der Waals surface area contributed by atoms with Gasteiger partial charge in [0.15, 0.2) is 0 Å². The van der Waals surface area contributed by atoms with E-state index < -0.39 is 17.6 Å². The number of carboxylic acid groups (broad SMARTS) is 1. The minimum atomic E-state index is -0.860. The number of nitrogens with zero attached hydrogens (tertiary/aromatic N) is 1. The second kappa shape index (κ2) is 6.07. The van der Waals surface area contributed by atoms with E-state index in [1.54, 1.807) is 20.9 Å². The monoisotopic (exact) mass is 257 g/mol. The van der Waals surface area contributed by atoms with Crippen molar-refractivity contribution in [2.45, 2.75) is 64.0 Å². The quantitative estimate of drug-likeness (QED) is 0.840. The van der Waals surface area contributed by atoms with E-state index >= 15 is 0 Å². The van der Waals surface area contributed by atoms with Gasteiger partial charge in [0, 0.05) is 7.05 Å². The van der Waals surface area contributed by atoms with Crippen LogP contribution in [0, 0.1) is 0 Å². The highest BCUT2D eigenvalue weighted by atomic mass is 16.6. The Morgan fingerprint density at radius 3 is 2.28 bits per heavy atom. The molecule has 104 valence electrons. The molecule has 1 saturated carbocycles. The van der Waals surface area contributed by atoms with E-state index in [9.17, 15) is 9.59 Å². The van der Waals surface area contributed by atoms with Crippen LogP contribution in [0.4, 0.5) is 4.79 Å². The highest BCUT2D eigenvalue weighted by Gasteiger charge is 2.41. The molecular weight excluding hydrogens is 234 g/mol. The zero-order valence-electron chi connectivity index (χ0n) is 11.4. The van der Waals surface area contributed by atoms with Gasteiger partial charge < -0.3 is 14.7 Å². The molecule has 1 aliphatic rings. The topological polar surface area (TPSA) is 66.8 Å². The van der Waals surface area contributed by atoms with Crippen LogP contribution in [0.15, 0.2) is 0 Å². The van der Waals surface area contributed by atoms with Crippen LogP contribution in [-0.4, -0.2) is 40.8 Å². The summed E-state index contributed by atoms with van der Waals surface area (Å²) in [4.78, 5) is 24.5. The van der Waals surface area contributed by atoms with E-state index in [0.29, 0.717) is 0 Å².